The number of rotatable bonds is 8. The highest BCUT2D eigenvalue weighted by molar-refractivity contribution is 9.10. The van der Waals surface area contributed by atoms with E-state index >= 15 is 0 Å². The molecule has 152 valence electrons. The maximum Gasteiger partial charge on any atom is 0.243 e. The number of methoxy groups -OCH3 is 1. The summed E-state index contributed by atoms with van der Waals surface area (Å²) < 4.78 is 38.5. The Morgan fingerprint density at radius 3 is 2.46 bits per heavy atom. The second-order valence-electron chi connectivity index (χ2n) is 7.01. The van der Waals surface area contributed by atoms with Crippen molar-refractivity contribution in [2.75, 3.05) is 27.0 Å². The van der Waals surface area contributed by atoms with Crippen LogP contribution in [0.5, 0.6) is 5.75 Å². The van der Waals surface area contributed by atoms with E-state index in [2.05, 4.69) is 40.2 Å². The standard InChI is InChI=1S/C21H26BrNO4S/c1-26-16-27-21-10-9-19(15-20(21)22)28(24,25)23-13-11-18(12-14-23)8-7-17-5-3-2-4-6-17/h2-6,9-10,15,18H,7-8,11-14,16H2,1H3. The largest absolute Gasteiger partial charge is 0.466 e. The van der Waals surface area contributed by atoms with Crippen LogP contribution in [-0.4, -0.2) is 39.7 Å². The van der Waals surface area contributed by atoms with Gasteiger partial charge in [-0.15, -0.1) is 0 Å². The fourth-order valence-corrected chi connectivity index (χ4v) is 5.63. The minimum Gasteiger partial charge on any atom is -0.466 e. The average Bonchev–Trinajstić information content (AvgIpc) is 2.72. The first-order valence-electron chi connectivity index (χ1n) is 9.46. The van der Waals surface area contributed by atoms with Crippen molar-refractivity contribution in [1.29, 1.82) is 0 Å². The maximum absolute atomic E-state index is 13.0. The van der Waals surface area contributed by atoms with Gasteiger partial charge >= 0.3 is 0 Å². The first-order chi connectivity index (χ1) is 13.5. The molecule has 2 aromatic rings. The lowest BCUT2D eigenvalue weighted by molar-refractivity contribution is 0.0505. The number of sulfonamides is 1. The molecule has 0 N–H and O–H groups in total. The van der Waals surface area contributed by atoms with Crippen molar-refractivity contribution in [3.63, 3.8) is 0 Å². The molecule has 0 saturated carbocycles. The second-order valence-corrected chi connectivity index (χ2v) is 9.81. The molecule has 28 heavy (non-hydrogen) atoms. The Morgan fingerprint density at radius 1 is 1.11 bits per heavy atom. The molecule has 1 aliphatic rings. The minimum atomic E-state index is -3.50. The lowest BCUT2D eigenvalue weighted by atomic mass is 9.91. The summed E-state index contributed by atoms with van der Waals surface area (Å²) >= 11 is 3.38. The van der Waals surface area contributed by atoms with Crippen molar-refractivity contribution in [1.82, 2.24) is 4.31 Å². The zero-order valence-corrected chi connectivity index (χ0v) is 18.4. The Kier molecular flexibility index (Phi) is 7.51. The number of hydrogen-bond acceptors (Lipinski definition) is 4. The zero-order valence-electron chi connectivity index (χ0n) is 16.0. The van der Waals surface area contributed by atoms with Gasteiger partial charge in [-0.1, -0.05) is 30.3 Å². The number of aryl methyl sites for hydroxylation is 1. The summed E-state index contributed by atoms with van der Waals surface area (Å²) in [6.45, 7) is 1.25. The summed E-state index contributed by atoms with van der Waals surface area (Å²) in [5.41, 5.74) is 1.35. The van der Waals surface area contributed by atoms with Crippen LogP contribution in [0.4, 0.5) is 0 Å². The van der Waals surface area contributed by atoms with E-state index in [1.807, 2.05) is 6.07 Å². The molecule has 0 radical (unpaired) electrons. The first kappa shape index (κ1) is 21.3. The van der Waals surface area contributed by atoms with Gasteiger partial charge < -0.3 is 9.47 Å². The van der Waals surface area contributed by atoms with E-state index in [9.17, 15) is 8.42 Å². The highest BCUT2D eigenvalue weighted by Gasteiger charge is 2.29. The molecule has 7 heteroatoms. The van der Waals surface area contributed by atoms with Gasteiger partial charge in [0.1, 0.15) is 5.75 Å². The van der Waals surface area contributed by atoms with Crippen molar-refractivity contribution >= 4 is 26.0 Å². The fourth-order valence-electron chi connectivity index (χ4n) is 3.48. The molecule has 1 saturated heterocycles. The predicted octanol–water partition coefficient (Wildman–Crippen LogP) is 4.47. The van der Waals surface area contributed by atoms with Gasteiger partial charge in [-0.05, 0) is 71.3 Å². The van der Waals surface area contributed by atoms with Crippen LogP contribution in [0.25, 0.3) is 0 Å². The van der Waals surface area contributed by atoms with E-state index in [0.717, 1.165) is 25.7 Å². The van der Waals surface area contributed by atoms with Crippen LogP contribution in [0.15, 0.2) is 57.9 Å². The summed E-state index contributed by atoms with van der Waals surface area (Å²) in [5, 5.41) is 0. The number of halogens is 1. The third-order valence-electron chi connectivity index (χ3n) is 5.13. The van der Waals surface area contributed by atoms with Crippen molar-refractivity contribution in [3.8, 4) is 5.75 Å². The Bertz CT molecular complexity index is 865. The minimum absolute atomic E-state index is 0.112. The topological polar surface area (TPSA) is 55.8 Å². The smallest absolute Gasteiger partial charge is 0.243 e. The molecule has 2 aromatic carbocycles. The Labute approximate surface area is 175 Å². The van der Waals surface area contributed by atoms with E-state index in [1.165, 1.54) is 12.7 Å². The van der Waals surface area contributed by atoms with Crippen LogP contribution < -0.4 is 4.74 Å². The number of nitrogens with zero attached hydrogens (tertiary/aromatic N) is 1. The maximum atomic E-state index is 13.0. The quantitative estimate of drug-likeness (QED) is 0.537. The van der Waals surface area contributed by atoms with Gasteiger partial charge in [0.25, 0.3) is 0 Å². The van der Waals surface area contributed by atoms with Crippen LogP contribution >= 0.6 is 15.9 Å². The van der Waals surface area contributed by atoms with Crippen LogP contribution in [-0.2, 0) is 21.2 Å². The van der Waals surface area contributed by atoms with Crippen molar-refractivity contribution in [2.45, 2.75) is 30.6 Å². The Hall–Kier alpha value is -1.41. The summed E-state index contributed by atoms with van der Waals surface area (Å²) in [5.74, 6) is 1.13. The fraction of sp³-hybridized carbons (Fsp3) is 0.429. The summed E-state index contributed by atoms with van der Waals surface area (Å²) in [4.78, 5) is 0.284. The number of hydrogen-bond donors (Lipinski definition) is 0. The predicted molar refractivity (Wildman–Crippen MR) is 113 cm³/mol. The molecule has 0 aliphatic carbocycles. The molecular formula is C21H26BrNO4S. The van der Waals surface area contributed by atoms with Crippen LogP contribution in [0.2, 0.25) is 0 Å². The molecule has 0 spiro atoms. The molecule has 1 fully saturated rings. The molecule has 0 unspecified atom stereocenters. The Balaban J connectivity index is 1.57. The van der Waals surface area contributed by atoms with Crippen LogP contribution in [0.3, 0.4) is 0 Å². The van der Waals surface area contributed by atoms with Crippen LogP contribution in [0, 0.1) is 5.92 Å². The normalized spacial score (nSPS) is 16.2. The van der Waals surface area contributed by atoms with E-state index in [4.69, 9.17) is 9.47 Å². The molecule has 1 aliphatic heterocycles. The summed E-state index contributed by atoms with van der Waals surface area (Å²) in [7, 11) is -1.96. The second kappa shape index (κ2) is 9.87. The van der Waals surface area contributed by atoms with Gasteiger partial charge in [0.15, 0.2) is 6.79 Å². The molecule has 1 heterocycles. The van der Waals surface area contributed by atoms with Gasteiger partial charge in [0.05, 0.1) is 9.37 Å². The summed E-state index contributed by atoms with van der Waals surface area (Å²) in [6.07, 6.45) is 3.97. The van der Waals surface area contributed by atoms with Crippen LogP contribution in [0.1, 0.15) is 24.8 Å². The van der Waals surface area contributed by atoms with Gasteiger partial charge in [-0.25, -0.2) is 8.42 Å². The van der Waals surface area contributed by atoms with Gasteiger partial charge in [0.2, 0.25) is 10.0 Å². The number of ether oxygens (including phenoxy) is 2. The van der Waals surface area contributed by atoms with Crippen molar-refractivity contribution in [3.05, 3.63) is 58.6 Å². The van der Waals surface area contributed by atoms with Gasteiger partial charge in [-0.2, -0.15) is 4.31 Å². The van der Waals surface area contributed by atoms with E-state index in [0.29, 0.717) is 29.2 Å². The third-order valence-corrected chi connectivity index (χ3v) is 7.65. The van der Waals surface area contributed by atoms with E-state index in [1.54, 1.807) is 22.5 Å². The molecule has 0 bridgehead atoms. The highest BCUT2D eigenvalue weighted by atomic mass is 79.9. The number of benzene rings is 2. The lowest BCUT2D eigenvalue weighted by Gasteiger charge is -2.31. The average molecular weight is 468 g/mol. The van der Waals surface area contributed by atoms with Gasteiger partial charge in [0, 0.05) is 20.2 Å². The van der Waals surface area contributed by atoms with Crippen molar-refractivity contribution < 1.29 is 17.9 Å². The number of piperidine rings is 1. The molecule has 3 rings (SSSR count). The molecule has 0 aromatic heterocycles. The molecular weight excluding hydrogens is 442 g/mol. The first-order valence-corrected chi connectivity index (χ1v) is 11.7. The molecule has 5 nitrogen and oxygen atoms in total. The van der Waals surface area contributed by atoms with Crippen molar-refractivity contribution in [2.24, 2.45) is 5.92 Å². The van der Waals surface area contributed by atoms with E-state index < -0.39 is 10.0 Å². The van der Waals surface area contributed by atoms with E-state index in [-0.39, 0.29) is 11.7 Å². The monoisotopic (exact) mass is 467 g/mol. The van der Waals surface area contributed by atoms with Gasteiger partial charge in [-0.3, -0.25) is 0 Å². The Morgan fingerprint density at radius 2 is 1.82 bits per heavy atom. The molecule has 0 amide bonds. The molecule has 0 atom stereocenters. The summed E-state index contributed by atoms with van der Waals surface area (Å²) in [6, 6.07) is 15.3. The lowest BCUT2D eigenvalue weighted by Crippen LogP contribution is -2.38. The zero-order chi connectivity index (χ0) is 20.0. The third kappa shape index (κ3) is 5.35. The highest BCUT2D eigenvalue weighted by Crippen LogP contribution is 2.31. The SMILES string of the molecule is COCOc1ccc(S(=O)(=O)N2CCC(CCc3ccccc3)CC2)cc1Br.